The molecule has 2 atom stereocenters. The van der Waals surface area contributed by atoms with E-state index in [0.29, 0.717) is 12.1 Å². The SMILES string of the molecule is CC(CN)NC1CCCN(Cc2ccccc2)C1. The Morgan fingerprint density at radius 3 is 2.89 bits per heavy atom. The van der Waals surface area contributed by atoms with Crippen molar-refractivity contribution in [3.8, 4) is 0 Å². The molecule has 0 aromatic heterocycles. The van der Waals surface area contributed by atoms with Crippen molar-refractivity contribution in [3.63, 3.8) is 0 Å². The van der Waals surface area contributed by atoms with Crippen molar-refractivity contribution >= 4 is 0 Å². The summed E-state index contributed by atoms with van der Waals surface area (Å²) in [4.78, 5) is 2.54. The van der Waals surface area contributed by atoms with Gasteiger partial charge in [-0.25, -0.2) is 0 Å². The van der Waals surface area contributed by atoms with Crippen molar-refractivity contribution in [2.75, 3.05) is 19.6 Å². The highest BCUT2D eigenvalue weighted by Gasteiger charge is 2.20. The van der Waals surface area contributed by atoms with Gasteiger partial charge in [0.05, 0.1) is 0 Å². The quantitative estimate of drug-likeness (QED) is 0.830. The van der Waals surface area contributed by atoms with Gasteiger partial charge in [-0.3, -0.25) is 4.90 Å². The lowest BCUT2D eigenvalue weighted by atomic mass is 10.0. The summed E-state index contributed by atoms with van der Waals surface area (Å²) in [5, 5.41) is 3.62. The molecule has 18 heavy (non-hydrogen) atoms. The third kappa shape index (κ3) is 4.09. The average molecular weight is 247 g/mol. The molecule has 3 heteroatoms. The fraction of sp³-hybridized carbons (Fsp3) is 0.600. The van der Waals surface area contributed by atoms with Crippen LogP contribution in [0.2, 0.25) is 0 Å². The van der Waals surface area contributed by atoms with Gasteiger partial charge in [-0.05, 0) is 31.9 Å². The lowest BCUT2D eigenvalue weighted by Crippen LogP contribution is -2.49. The second-order valence-corrected chi connectivity index (χ2v) is 5.36. The largest absolute Gasteiger partial charge is 0.329 e. The van der Waals surface area contributed by atoms with E-state index < -0.39 is 0 Å². The molecule has 3 nitrogen and oxygen atoms in total. The van der Waals surface area contributed by atoms with E-state index in [1.165, 1.54) is 24.9 Å². The molecule has 0 spiro atoms. The molecule has 2 rings (SSSR count). The number of rotatable bonds is 5. The van der Waals surface area contributed by atoms with Crippen LogP contribution in [-0.2, 0) is 6.54 Å². The topological polar surface area (TPSA) is 41.3 Å². The molecule has 1 aromatic carbocycles. The maximum Gasteiger partial charge on any atom is 0.0234 e. The fourth-order valence-corrected chi connectivity index (χ4v) is 2.65. The summed E-state index contributed by atoms with van der Waals surface area (Å²) in [6, 6.07) is 11.7. The van der Waals surface area contributed by atoms with Crippen LogP contribution >= 0.6 is 0 Å². The highest BCUT2D eigenvalue weighted by Crippen LogP contribution is 2.14. The molecule has 1 saturated heterocycles. The number of benzene rings is 1. The van der Waals surface area contributed by atoms with Crippen molar-refractivity contribution in [3.05, 3.63) is 35.9 Å². The van der Waals surface area contributed by atoms with Gasteiger partial charge in [0, 0.05) is 31.7 Å². The highest BCUT2D eigenvalue weighted by atomic mass is 15.2. The Morgan fingerprint density at radius 2 is 2.17 bits per heavy atom. The molecule has 0 radical (unpaired) electrons. The molecule has 0 aliphatic carbocycles. The Kier molecular flexibility index (Phi) is 5.17. The number of piperidine rings is 1. The van der Waals surface area contributed by atoms with Gasteiger partial charge < -0.3 is 11.1 Å². The van der Waals surface area contributed by atoms with Gasteiger partial charge in [0.25, 0.3) is 0 Å². The molecule has 1 heterocycles. The van der Waals surface area contributed by atoms with Gasteiger partial charge >= 0.3 is 0 Å². The van der Waals surface area contributed by atoms with Crippen LogP contribution < -0.4 is 11.1 Å². The Morgan fingerprint density at radius 1 is 1.39 bits per heavy atom. The average Bonchev–Trinajstić information content (AvgIpc) is 2.40. The molecule has 1 aromatic rings. The van der Waals surface area contributed by atoms with E-state index in [1.54, 1.807) is 0 Å². The molecule has 2 unspecified atom stereocenters. The van der Waals surface area contributed by atoms with E-state index >= 15 is 0 Å². The highest BCUT2D eigenvalue weighted by molar-refractivity contribution is 5.14. The minimum absolute atomic E-state index is 0.423. The zero-order valence-electron chi connectivity index (χ0n) is 11.3. The second kappa shape index (κ2) is 6.88. The normalized spacial score (nSPS) is 22.9. The van der Waals surface area contributed by atoms with Crippen molar-refractivity contribution in [2.24, 2.45) is 5.73 Å². The van der Waals surface area contributed by atoms with Crippen LogP contribution in [0.4, 0.5) is 0 Å². The monoisotopic (exact) mass is 247 g/mol. The Balaban J connectivity index is 1.83. The predicted molar refractivity (Wildman–Crippen MR) is 76.4 cm³/mol. The van der Waals surface area contributed by atoms with Crippen LogP contribution in [0.5, 0.6) is 0 Å². The van der Waals surface area contributed by atoms with E-state index in [9.17, 15) is 0 Å². The number of nitrogens with two attached hydrogens (primary N) is 1. The summed E-state index contributed by atoms with van der Waals surface area (Å²) in [5.41, 5.74) is 7.08. The van der Waals surface area contributed by atoms with Gasteiger partial charge in [0.15, 0.2) is 0 Å². The zero-order chi connectivity index (χ0) is 12.8. The molecule has 1 aliphatic heterocycles. The molecular formula is C15H25N3. The molecule has 100 valence electrons. The summed E-state index contributed by atoms with van der Waals surface area (Å²) >= 11 is 0. The van der Waals surface area contributed by atoms with E-state index in [1.807, 2.05) is 0 Å². The molecule has 0 bridgehead atoms. The summed E-state index contributed by atoms with van der Waals surface area (Å²) in [5.74, 6) is 0. The smallest absolute Gasteiger partial charge is 0.0234 e. The standard InChI is InChI=1S/C15H25N3/c1-13(10-16)17-15-8-5-9-18(12-15)11-14-6-3-2-4-7-14/h2-4,6-7,13,15,17H,5,8-12,16H2,1H3. The first-order valence-corrected chi connectivity index (χ1v) is 7.00. The van der Waals surface area contributed by atoms with Crippen LogP contribution in [-0.4, -0.2) is 36.6 Å². The summed E-state index contributed by atoms with van der Waals surface area (Å²) in [7, 11) is 0. The van der Waals surface area contributed by atoms with Crippen LogP contribution in [0, 0.1) is 0 Å². The van der Waals surface area contributed by atoms with Gasteiger partial charge in [0.2, 0.25) is 0 Å². The maximum atomic E-state index is 5.67. The molecule has 1 fully saturated rings. The third-order valence-corrected chi connectivity index (χ3v) is 3.63. The summed E-state index contributed by atoms with van der Waals surface area (Å²) in [6.45, 7) is 6.30. The Hall–Kier alpha value is -0.900. The number of hydrogen-bond donors (Lipinski definition) is 2. The molecule has 0 amide bonds. The fourth-order valence-electron chi connectivity index (χ4n) is 2.65. The minimum atomic E-state index is 0.423. The maximum absolute atomic E-state index is 5.67. The molecule has 3 N–H and O–H groups in total. The van der Waals surface area contributed by atoms with E-state index in [4.69, 9.17) is 5.73 Å². The third-order valence-electron chi connectivity index (χ3n) is 3.63. The Bertz CT molecular complexity index is 339. The van der Waals surface area contributed by atoms with Crippen molar-refractivity contribution in [2.45, 2.75) is 38.4 Å². The van der Waals surface area contributed by atoms with Gasteiger partial charge in [-0.1, -0.05) is 30.3 Å². The van der Waals surface area contributed by atoms with Crippen LogP contribution in [0.3, 0.4) is 0 Å². The first-order valence-electron chi connectivity index (χ1n) is 7.00. The van der Waals surface area contributed by atoms with Gasteiger partial charge in [-0.15, -0.1) is 0 Å². The zero-order valence-corrected chi connectivity index (χ0v) is 11.3. The van der Waals surface area contributed by atoms with Crippen molar-refractivity contribution in [1.82, 2.24) is 10.2 Å². The lowest BCUT2D eigenvalue weighted by Gasteiger charge is -2.34. The van der Waals surface area contributed by atoms with Gasteiger partial charge in [0.1, 0.15) is 0 Å². The van der Waals surface area contributed by atoms with Crippen molar-refractivity contribution in [1.29, 1.82) is 0 Å². The Labute approximate surface area is 110 Å². The van der Waals surface area contributed by atoms with E-state index in [-0.39, 0.29) is 0 Å². The van der Waals surface area contributed by atoms with Crippen molar-refractivity contribution < 1.29 is 0 Å². The summed E-state index contributed by atoms with van der Waals surface area (Å²) < 4.78 is 0. The number of nitrogens with one attached hydrogen (secondary N) is 1. The van der Waals surface area contributed by atoms with Crippen LogP contribution in [0.25, 0.3) is 0 Å². The van der Waals surface area contributed by atoms with E-state index in [0.717, 1.165) is 19.6 Å². The first-order chi connectivity index (χ1) is 8.78. The number of nitrogens with zero attached hydrogens (tertiary/aromatic N) is 1. The van der Waals surface area contributed by atoms with Crippen LogP contribution in [0.15, 0.2) is 30.3 Å². The first kappa shape index (κ1) is 13.5. The number of likely N-dealkylation sites (tertiary alicyclic amines) is 1. The second-order valence-electron chi connectivity index (χ2n) is 5.36. The number of hydrogen-bond acceptors (Lipinski definition) is 3. The minimum Gasteiger partial charge on any atom is -0.329 e. The van der Waals surface area contributed by atoms with E-state index in [2.05, 4.69) is 47.5 Å². The lowest BCUT2D eigenvalue weighted by molar-refractivity contribution is 0.177. The molecule has 0 saturated carbocycles. The van der Waals surface area contributed by atoms with Gasteiger partial charge in [-0.2, -0.15) is 0 Å². The molecular weight excluding hydrogens is 222 g/mol. The van der Waals surface area contributed by atoms with Crippen LogP contribution in [0.1, 0.15) is 25.3 Å². The predicted octanol–water partition coefficient (Wildman–Crippen LogP) is 1.59. The summed E-state index contributed by atoms with van der Waals surface area (Å²) in [6.07, 6.45) is 2.55. The molecule has 1 aliphatic rings.